The quantitative estimate of drug-likeness (QED) is 0.680. The minimum atomic E-state index is -0.357. The van der Waals surface area contributed by atoms with Crippen molar-refractivity contribution in [2.45, 2.75) is 31.2 Å². The normalized spacial score (nSPS) is 22.3. The summed E-state index contributed by atoms with van der Waals surface area (Å²) in [5, 5.41) is 2.17. The number of hydrogen-bond donors (Lipinski definition) is 1. The number of halogens is 1. The molecule has 1 aliphatic carbocycles. The van der Waals surface area contributed by atoms with Gasteiger partial charge in [-0.1, -0.05) is 24.3 Å². The molecule has 5 rings (SSSR count). The molecule has 7 nitrogen and oxygen atoms in total. The molecular weight excluding hydrogens is 452 g/mol. The number of H-pyrrole nitrogens is 1. The fraction of sp³-hybridized carbons (Fsp3) is 0.462. The number of carbonyl (C=O) groups excluding carboxylic acids is 2. The first kappa shape index (κ1) is 23.0. The number of fused-ring (bicyclic) bond motifs is 3. The molecule has 34 heavy (non-hydrogen) atoms. The molecule has 1 aromatic carbocycles. The van der Waals surface area contributed by atoms with E-state index in [-0.39, 0.29) is 23.4 Å². The number of aromatic amines is 1. The van der Waals surface area contributed by atoms with Gasteiger partial charge in [-0.15, -0.1) is 11.6 Å². The molecule has 0 spiro atoms. The van der Waals surface area contributed by atoms with Crippen LogP contribution in [0.3, 0.4) is 0 Å². The largest absolute Gasteiger partial charge is 0.450 e. The zero-order valence-corrected chi connectivity index (χ0v) is 20.5. The van der Waals surface area contributed by atoms with E-state index < -0.39 is 0 Å². The molecule has 0 bridgehead atoms. The first-order valence-corrected chi connectivity index (χ1v) is 12.5. The number of piperazine rings is 1. The van der Waals surface area contributed by atoms with Gasteiger partial charge in [0.25, 0.3) is 5.91 Å². The summed E-state index contributed by atoms with van der Waals surface area (Å²) in [6.45, 7) is 5.85. The molecule has 2 aromatic rings. The van der Waals surface area contributed by atoms with Gasteiger partial charge in [-0.05, 0) is 50.1 Å². The van der Waals surface area contributed by atoms with E-state index in [1.165, 1.54) is 5.56 Å². The lowest BCUT2D eigenvalue weighted by molar-refractivity contribution is 0.0664. The summed E-state index contributed by atoms with van der Waals surface area (Å²) in [5.41, 5.74) is 3.72. The van der Waals surface area contributed by atoms with Crippen molar-refractivity contribution in [3.8, 4) is 0 Å². The Labute approximate surface area is 204 Å². The number of carbonyl (C=O) groups is 2. The van der Waals surface area contributed by atoms with E-state index in [9.17, 15) is 9.59 Å². The van der Waals surface area contributed by atoms with Crippen molar-refractivity contribution in [2.24, 2.45) is 0 Å². The minimum Gasteiger partial charge on any atom is -0.450 e. The number of alkyl halides is 1. The van der Waals surface area contributed by atoms with Crippen LogP contribution in [0.1, 0.15) is 46.6 Å². The summed E-state index contributed by atoms with van der Waals surface area (Å²) < 4.78 is 5.41. The fourth-order valence-electron chi connectivity index (χ4n) is 5.23. The second-order valence-electron chi connectivity index (χ2n) is 9.23. The van der Waals surface area contributed by atoms with E-state index in [0.29, 0.717) is 18.7 Å². The molecule has 180 valence electrons. The molecule has 0 saturated carbocycles. The predicted octanol–water partition coefficient (Wildman–Crippen LogP) is 2.08. The molecule has 8 heteroatoms. The second kappa shape index (κ2) is 9.47. The van der Waals surface area contributed by atoms with Crippen LogP contribution >= 0.6 is 11.6 Å². The molecule has 2 amide bonds. The number of nitrogens with one attached hydrogen (secondary N) is 1. The van der Waals surface area contributed by atoms with Gasteiger partial charge in [-0.3, -0.25) is 9.69 Å². The van der Waals surface area contributed by atoms with Gasteiger partial charge in [-0.2, -0.15) is 0 Å². The Morgan fingerprint density at radius 2 is 1.97 bits per heavy atom. The fourth-order valence-corrected chi connectivity index (χ4v) is 5.44. The van der Waals surface area contributed by atoms with Crippen LogP contribution < -0.4 is 10.6 Å². The van der Waals surface area contributed by atoms with E-state index in [1.54, 1.807) is 4.90 Å². The van der Waals surface area contributed by atoms with Crippen molar-refractivity contribution in [2.75, 3.05) is 46.4 Å². The number of likely N-dealkylation sites (N-methyl/N-ethyl adjacent to an activating group) is 1. The highest BCUT2D eigenvalue weighted by Crippen LogP contribution is 2.34. The van der Waals surface area contributed by atoms with E-state index in [4.69, 9.17) is 16.3 Å². The Hall–Kier alpha value is -2.77. The summed E-state index contributed by atoms with van der Waals surface area (Å²) in [7, 11) is 2.07. The van der Waals surface area contributed by atoms with Gasteiger partial charge < -0.3 is 19.5 Å². The van der Waals surface area contributed by atoms with Crippen molar-refractivity contribution in [3.05, 3.63) is 57.2 Å². The van der Waals surface area contributed by atoms with Crippen molar-refractivity contribution in [1.82, 2.24) is 19.7 Å². The van der Waals surface area contributed by atoms with E-state index in [0.717, 1.165) is 60.8 Å². The van der Waals surface area contributed by atoms with E-state index in [1.807, 2.05) is 36.1 Å². The summed E-state index contributed by atoms with van der Waals surface area (Å²) in [4.78, 5) is 35.7. The zero-order chi connectivity index (χ0) is 23.8. The number of ether oxygens (including phenoxy) is 1. The molecule has 2 unspecified atom stereocenters. The number of nitrogens with zero attached hydrogens (tertiary/aromatic N) is 3. The van der Waals surface area contributed by atoms with E-state index >= 15 is 0 Å². The average Bonchev–Trinajstić information content (AvgIpc) is 3.21. The maximum Gasteiger partial charge on any atom is 0.410 e. The number of benzene rings is 1. The zero-order valence-electron chi connectivity index (χ0n) is 19.7. The molecular formula is C26H31ClN4O3. The average molecular weight is 483 g/mol. The highest BCUT2D eigenvalue weighted by molar-refractivity contribution is 6.24. The third kappa shape index (κ3) is 4.23. The number of rotatable bonds is 3. The van der Waals surface area contributed by atoms with Crippen LogP contribution in [-0.2, 0) is 11.2 Å². The molecule has 1 N–H and O–H groups in total. The Bertz CT molecular complexity index is 1220. The first-order chi connectivity index (χ1) is 16.5. The van der Waals surface area contributed by atoms with E-state index in [2.05, 4.69) is 29.1 Å². The Kier molecular flexibility index (Phi) is 6.40. The maximum absolute atomic E-state index is 13.3. The lowest BCUT2D eigenvalue weighted by Crippen LogP contribution is -2.47. The van der Waals surface area contributed by atoms with Crippen molar-refractivity contribution in [1.29, 1.82) is 0 Å². The molecule has 1 fully saturated rings. The topological polar surface area (TPSA) is 68.9 Å². The molecule has 1 saturated heterocycles. The third-order valence-electron chi connectivity index (χ3n) is 7.03. The third-order valence-corrected chi connectivity index (χ3v) is 7.34. The standard InChI is InChI=1S/C26H31ClN4O3/c1-3-34-26(33)31-10-9-20-21-16-19(27)7-8-22(21)28-23(20)24(31)17-5-4-6-18(15-17)25(32)30-13-11-29(2)12-14-30/h4-6,8,15-16,19,24,28H,3,7,9-14H2,1-2H3. The molecule has 2 atom stereocenters. The number of hydrogen-bond acceptors (Lipinski definition) is 4. The van der Waals surface area contributed by atoms with Crippen LogP contribution in [0.4, 0.5) is 4.79 Å². The van der Waals surface area contributed by atoms with Crippen molar-refractivity contribution in [3.63, 3.8) is 0 Å². The SMILES string of the molecule is CCOC(=O)N1CCc2c([nH]c3c2=CC(Cl)CC=3)C1c1cccc(C(=O)N2CCN(C)CC2)c1. The summed E-state index contributed by atoms with van der Waals surface area (Å²) in [5.74, 6) is 0.0334. The Morgan fingerprint density at radius 1 is 1.18 bits per heavy atom. The van der Waals surface area contributed by atoms with Crippen LogP contribution in [0.15, 0.2) is 24.3 Å². The Morgan fingerprint density at radius 3 is 2.74 bits per heavy atom. The van der Waals surface area contributed by atoms with Crippen LogP contribution in [0.5, 0.6) is 0 Å². The monoisotopic (exact) mass is 482 g/mol. The van der Waals surface area contributed by atoms with Crippen LogP contribution in [0.25, 0.3) is 12.2 Å². The van der Waals surface area contributed by atoms with Gasteiger partial charge in [0.15, 0.2) is 0 Å². The van der Waals surface area contributed by atoms with Gasteiger partial charge in [0.1, 0.15) is 6.04 Å². The molecule has 3 heterocycles. The van der Waals surface area contributed by atoms with Crippen LogP contribution in [0.2, 0.25) is 0 Å². The molecule has 1 aromatic heterocycles. The van der Waals surface area contributed by atoms with Gasteiger partial charge in [0.05, 0.1) is 12.0 Å². The highest BCUT2D eigenvalue weighted by Gasteiger charge is 2.36. The Balaban J connectivity index is 1.55. The molecule has 0 radical (unpaired) electrons. The lowest BCUT2D eigenvalue weighted by Gasteiger charge is -2.36. The predicted molar refractivity (Wildman–Crippen MR) is 132 cm³/mol. The summed E-state index contributed by atoms with van der Waals surface area (Å²) in [6, 6.07) is 7.34. The number of amides is 2. The van der Waals surface area contributed by atoms with Gasteiger partial charge in [0, 0.05) is 54.5 Å². The molecule has 3 aliphatic rings. The first-order valence-electron chi connectivity index (χ1n) is 12.0. The van der Waals surface area contributed by atoms with Gasteiger partial charge in [-0.25, -0.2) is 4.79 Å². The second-order valence-corrected chi connectivity index (χ2v) is 9.79. The van der Waals surface area contributed by atoms with Crippen molar-refractivity contribution < 1.29 is 14.3 Å². The van der Waals surface area contributed by atoms with Crippen LogP contribution in [-0.4, -0.2) is 83.4 Å². The van der Waals surface area contributed by atoms with Gasteiger partial charge in [0.2, 0.25) is 0 Å². The summed E-state index contributed by atoms with van der Waals surface area (Å²) in [6.07, 6.45) is 5.39. The lowest BCUT2D eigenvalue weighted by atomic mass is 9.92. The smallest absolute Gasteiger partial charge is 0.410 e. The highest BCUT2D eigenvalue weighted by atomic mass is 35.5. The van der Waals surface area contributed by atoms with Crippen molar-refractivity contribution >= 4 is 35.8 Å². The molecule has 2 aliphatic heterocycles. The van der Waals surface area contributed by atoms with Gasteiger partial charge >= 0.3 is 6.09 Å². The summed E-state index contributed by atoms with van der Waals surface area (Å²) >= 11 is 6.43. The van der Waals surface area contributed by atoms with Crippen LogP contribution in [0, 0.1) is 0 Å². The number of aromatic nitrogens is 1. The maximum atomic E-state index is 13.3. The minimum absolute atomic E-state index is 0.0292.